The van der Waals surface area contributed by atoms with Crippen molar-refractivity contribution in [3.8, 4) is 0 Å². The molecular weight excluding hydrogens is 605 g/mol. The van der Waals surface area contributed by atoms with Gasteiger partial charge in [-0.05, 0) is 24.2 Å². The molecule has 170 valence electrons. The van der Waals surface area contributed by atoms with Crippen LogP contribution in [0.2, 0.25) is 0 Å². The molecule has 0 aliphatic rings. The van der Waals surface area contributed by atoms with E-state index in [9.17, 15) is 0 Å². The number of hydrogen-bond acceptors (Lipinski definition) is 0. The van der Waals surface area contributed by atoms with Crippen LogP contribution < -0.4 is 30.1 Å². The van der Waals surface area contributed by atoms with Crippen LogP contribution in [0.4, 0.5) is 0 Å². The van der Waals surface area contributed by atoms with E-state index >= 15 is 0 Å². The fraction of sp³-hybridized carbons (Fsp3) is 0.481. The Bertz CT molecular complexity index is 776. The standard InChI is InChI=1S/C17H24P.C10H15.2ClH.Hf/c1-13(2)11-18(12-14(3)4)17-9-15-7-5-6-8-16(15)10-17;1-3-4-7-10-8-5-6-9(10)2;;;/h5-10,13-14H,11-12H2,1-4H3;5-6,8H,3-4,7H2,1-2H3;2*1H;/q2*-1;;;+4/p-2. The molecule has 0 bridgehead atoms. The molecule has 3 aromatic carbocycles. The van der Waals surface area contributed by atoms with Gasteiger partial charge in [0.05, 0.1) is 0 Å². The molecule has 0 heterocycles. The Morgan fingerprint density at radius 2 is 1.55 bits per heavy atom. The van der Waals surface area contributed by atoms with Crippen LogP contribution in [0.3, 0.4) is 0 Å². The van der Waals surface area contributed by atoms with Gasteiger partial charge in [-0.3, -0.25) is 0 Å². The van der Waals surface area contributed by atoms with Crippen molar-refractivity contribution in [2.45, 2.75) is 60.8 Å². The van der Waals surface area contributed by atoms with Gasteiger partial charge in [0.15, 0.2) is 0 Å². The summed E-state index contributed by atoms with van der Waals surface area (Å²) in [4.78, 5) is 0. The van der Waals surface area contributed by atoms with Crippen LogP contribution in [-0.2, 0) is 32.3 Å². The van der Waals surface area contributed by atoms with Crippen LogP contribution in [0.25, 0.3) is 10.8 Å². The molecule has 0 N–H and O–H groups in total. The van der Waals surface area contributed by atoms with E-state index in [4.69, 9.17) is 0 Å². The number of aryl methyl sites for hydroxylation is 2. The molecule has 0 radical (unpaired) electrons. The molecule has 0 aliphatic carbocycles. The molecule has 3 rings (SSSR count). The summed E-state index contributed by atoms with van der Waals surface area (Å²) < 4.78 is 0. The monoisotopic (exact) mass is 644 g/mol. The smallest absolute Gasteiger partial charge is 1.00 e. The summed E-state index contributed by atoms with van der Waals surface area (Å²) in [5.74, 6) is 1.60. The van der Waals surface area contributed by atoms with E-state index in [1.807, 2.05) is 0 Å². The Balaban J connectivity index is 0. The molecule has 0 saturated carbocycles. The molecule has 0 nitrogen and oxygen atoms in total. The van der Waals surface area contributed by atoms with Gasteiger partial charge in [-0.1, -0.05) is 74.8 Å². The summed E-state index contributed by atoms with van der Waals surface area (Å²) in [6, 6.07) is 20.1. The first-order valence-corrected chi connectivity index (χ1v) is 12.7. The predicted molar refractivity (Wildman–Crippen MR) is 131 cm³/mol. The Morgan fingerprint density at radius 1 is 0.935 bits per heavy atom. The second kappa shape index (κ2) is 17.5. The van der Waals surface area contributed by atoms with Crippen molar-refractivity contribution in [3.63, 3.8) is 0 Å². The van der Waals surface area contributed by atoms with Gasteiger partial charge in [0, 0.05) is 0 Å². The van der Waals surface area contributed by atoms with Crippen LogP contribution >= 0.6 is 7.92 Å². The third kappa shape index (κ3) is 11.7. The summed E-state index contributed by atoms with van der Waals surface area (Å²) in [6.45, 7) is 13.8. The zero-order valence-electron chi connectivity index (χ0n) is 20.1. The van der Waals surface area contributed by atoms with Crippen LogP contribution in [0.15, 0.2) is 54.6 Å². The van der Waals surface area contributed by atoms with Crippen LogP contribution in [0.1, 0.15) is 58.6 Å². The molecule has 31 heavy (non-hydrogen) atoms. The maximum absolute atomic E-state index is 2.42. The van der Waals surface area contributed by atoms with E-state index in [-0.39, 0.29) is 58.6 Å². The summed E-state index contributed by atoms with van der Waals surface area (Å²) in [7, 11) is 0.0185. The normalized spacial score (nSPS) is 10.4. The minimum absolute atomic E-state index is 0. The van der Waals surface area contributed by atoms with Gasteiger partial charge in [0.2, 0.25) is 0 Å². The topological polar surface area (TPSA) is 0 Å². The van der Waals surface area contributed by atoms with Crippen molar-refractivity contribution >= 4 is 24.0 Å². The maximum Gasteiger partial charge on any atom is 4.00 e. The Labute approximate surface area is 224 Å². The zero-order valence-corrected chi connectivity index (χ0v) is 26.1. The first-order chi connectivity index (χ1) is 13.4. The first kappa shape index (κ1) is 33.2. The number of rotatable bonds is 8. The molecule has 0 spiro atoms. The van der Waals surface area contributed by atoms with Gasteiger partial charge < -0.3 is 24.8 Å². The third-order valence-corrected chi connectivity index (χ3v) is 8.42. The molecule has 0 saturated heterocycles. The summed E-state index contributed by atoms with van der Waals surface area (Å²) in [6.07, 6.45) is 6.61. The number of fused-ring (bicyclic) bond motifs is 1. The molecule has 0 aliphatic heterocycles. The maximum atomic E-state index is 2.42. The molecule has 0 fully saturated rings. The SMILES string of the molecule is CC(C)CP(CC(C)C)c1cc2ccccc2[cH-]1.CCCC[c-]1cccc1C.[Cl-].[Cl-].[Hf+4]. The van der Waals surface area contributed by atoms with E-state index in [0.29, 0.717) is 0 Å². The van der Waals surface area contributed by atoms with Gasteiger partial charge in [0.25, 0.3) is 0 Å². The van der Waals surface area contributed by atoms with Crippen molar-refractivity contribution in [2.24, 2.45) is 11.8 Å². The number of benzene rings is 1. The van der Waals surface area contributed by atoms with Gasteiger partial charge in [-0.15, -0.1) is 40.3 Å². The molecule has 0 atom stereocenters. The molecular formula is C27H39Cl2HfP. The van der Waals surface area contributed by atoms with Crippen molar-refractivity contribution < 1.29 is 50.7 Å². The van der Waals surface area contributed by atoms with Gasteiger partial charge in [-0.2, -0.15) is 23.3 Å². The molecule has 3 aromatic rings. The predicted octanol–water partition coefficient (Wildman–Crippen LogP) is 2.04. The molecule has 0 unspecified atom stereocenters. The van der Waals surface area contributed by atoms with Gasteiger partial charge in [-0.25, -0.2) is 12.1 Å². The van der Waals surface area contributed by atoms with E-state index < -0.39 is 0 Å². The van der Waals surface area contributed by atoms with E-state index in [2.05, 4.69) is 96.1 Å². The fourth-order valence-electron chi connectivity index (χ4n) is 3.68. The van der Waals surface area contributed by atoms with E-state index in [1.165, 1.54) is 53.5 Å². The Hall–Kier alpha value is 0.0601. The number of unbranched alkanes of at least 4 members (excludes halogenated alkanes) is 1. The summed E-state index contributed by atoms with van der Waals surface area (Å²) in [5.41, 5.74) is 2.98. The summed E-state index contributed by atoms with van der Waals surface area (Å²) in [5, 5.41) is 4.42. The summed E-state index contributed by atoms with van der Waals surface area (Å²) >= 11 is 0. The van der Waals surface area contributed by atoms with Gasteiger partial charge >= 0.3 is 25.8 Å². The van der Waals surface area contributed by atoms with E-state index in [1.54, 1.807) is 5.30 Å². The molecule has 4 heteroatoms. The minimum atomic E-state index is 0. The largest absolute Gasteiger partial charge is 4.00 e. The zero-order chi connectivity index (χ0) is 20.5. The van der Waals surface area contributed by atoms with Crippen LogP contribution in [-0.4, -0.2) is 12.3 Å². The van der Waals surface area contributed by atoms with Crippen molar-refractivity contribution in [1.82, 2.24) is 0 Å². The average Bonchev–Trinajstić information content (AvgIpc) is 3.25. The molecule has 0 aromatic heterocycles. The van der Waals surface area contributed by atoms with Crippen molar-refractivity contribution in [1.29, 1.82) is 0 Å². The second-order valence-corrected chi connectivity index (χ2v) is 11.2. The number of hydrogen-bond donors (Lipinski definition) is 0. The van der Waals surface area contributed by atoms with Crippen molar-refractivity contribution in [3.05, 3.63) is 65.7 Å². The fourth-order valence-corrected chi connectivity index (χ4v) is 6.66. The third-order valence-electron chi connectivity index (χ3n) is 5.09. The minimum Gasteiger partial charge on any atom is -1.00 e. The van der Waals surface area contributed by atoms with Crippen LogP contribution in [0.5, 0.6) is 0 Å². The second-order valence-electron chi connectivity index (χ2n) is 8.87. The first-order valence-electron chi connectivity index (χ1n) is 11.0. The Kier molecular flexibility index (Phi) is 18.8. The Morgan fingerprint density at radius 3 is 2.03 bits per heavy atom. The number of halogens is 2. The molecule has 0 amide bonds. The quantitative estimate of drug-likeness (QED) is 0.200. The van der Waals surface area contributed by atoms with E-state index in [0.717, 1.165) is 11.8 Å². The van der Waals surface area contributed by atoms with Gasteiger partial charge in [0.1, 0.15) is 0 Å². The van der Waals surface area contributed by atoms with Crippen molar-refractivity contribution in [2.75, 3.05) is 12.3 Å². The van der Waals surface area contributed by atoms with Crippen LogP contribution in [0, 0.1) is 18.8 Å². The average molecular weight is 644 g/mol.